The molecule has 2 aliphatic heterocycles. The molecule has 6 heteroatoms. The van der Waals surface area contributed by atoms with E-state index in [1.807, 2.05) is 0 Å². The third-order valence-electron chi connectivity index (χ3n) is 3.21. The van der Waals surface area contributed by atoms with Gasteiger partial charge in [0.2, 0.25) is 0 Å². The average Bonchev–Trinajstić information content (AvgIpc) is 3.07. The molecule has 0 aromatic carbocycles. The van der Waals surface area contributed by atoms with E-state index in [0.717, 1.165) is 25.7 Å². The van der Waals surface area contributed by atoms with Gasteiger partial charge in [0.25, 0.3) is 0 Å². The molecule has 2 rings (SSSR count). The molecular formula is C12H24O6. The normalized spacial score (nSPS) is 35.3. The lowest BCUT2D eigenvalue weighted by Gasteiger charge is -2.07. The van der Waals surface area contributed by atoms with E-state index < -0.39 is 0 Å². The van der Waals surface area contributed by atoms with Crippen molar-refractivity contribution in [1.82, 2.24) is 0 Å². The molecule has 2 heterocycles. The van der Waals surface area contributed by atoms with Crippen LogP contribution >= 0.6 is 0 Å². The van der Waals surface area contributed by atoms with E-state index in [1.165, 1.54) is 0 Å². The lowest BCUT2D eigenvalue weighted by Crippen LogP contribution is -2.16. The van der Waals surface area contributed by atoms with Gasteiger partial charge in [-0.2, -0.15) is 0 Å². The second-order valence-electron chi connectivity index (χ2n) is 4.65. The molecule has 0 bridgehead atoms. The Hall–Kier alpha value is -0.240. The molecule has 0 aromatic heterocycles. The van der Waals surface area contributed by atoms with Gasteiger partial charge in [-0.05, 0) is 25.7 Å². The number of aliphatic hydroxyl groups is 4. The highest BCUT2D eigenvalue weighted by molar-refractivity contribution is 4.72. The summed E-state index contributed by atoms with van der Waals surface area (Å²) in [5, 5.41) is 34.3. The minimum Gasteiger partial charge on any atom is -0.394 e. The second kappa shape index (κ2) is 8.79. The fraction of sp³-hybridized carbons (Fsp3) is 1.00. The van der Waals surface area contributed by atoms with Crippen LogP contribution in [0.2, 0.25) is 0 Å². The maximum Gasteiger partial charge on any atom is 0.0811 e. The van der Waals surface area contributed by atoms with Crippen LogP contribution in [0.25, 0.3) is 0 Å². The summed E-state index contributed by atoms with van der Waals surface area (Å²) in [4.78, 5) is 0. The number of ether oxygens (including phenoxy) is 2. The predicted molar refractivity (Wildman–Crippen MR) is 64.1 cm³/mol. The molecule has 2 fully saturated rings. The molecule has 4 unspecified atom stereocenters. The van der Waals surface area contributed by atoms with Crippen LogP contribution in [0, 0.1) is 0 Å². The van der Waals surface area contributed by atoms with Crippen LogP contribution in [0.5, 0.6) is 0 Å². The Morgan fingerprint density at radius 1 is 0.556 bits per heavy atom. The van der Waals surface area contributed by atoms with E-state index in [0.29, 0.717) is 0 Å². The average molecular weight is 264 g/mol. The highest BCUT2D eigenvalue weighted by atomic mass is 16.5. The van der Waals surface area contributed by atoms with Crippen LogP contribution in [0.1, 0.15) is 25.7 Å². The van der Waals surface area contributed by atoms with Gasteiger partial charge in [-0.3, -0.25) is 0 Å². The highest BCUT2D eigenvalue weighted by Gasteiger charge is 2.23. The first-order chi connectivity index (χ1) is 8.73. The Morgan fingerprint density at radius 2 is 0.778 bits per heavy atom. The molecule has 2 saturated heterocycles. The fourth-order valence-corrected chi connectivity index (χ4v) is 2.10. The van der Waals surface area contributed by atoms with Crippen LogP contribution in [-0.4, -0.2) is 71.3 Å². The topological polar surface area (TPSA) is 99.4 Å². The lowest BCUT2D eigenvalue weighted by atomic mass is 10.2. The van der Waals surface area contributed by atoms with Gasteiger partial charge < -0.3 is 29.9 Å². The van der Waals surface area contributed by atoms with Crippen LogP contribution in [0.3, 0.4) is 0 Å². The number of hydrogen-bond acceptors (Lipinski definition) is 6. The van der Waals surface area contributed by atoms with Gasteiger partial charge in [-0.25, -0.2) is 0 Å². The maximum atomic E-state index is 8.57. The van der Waals surface area contributed by atoms with Crippen LogP contribution in [0.15, 0.2) is 0 Å². The summed E-state index contributed by atoms with van der Waals surface area (Å²) in [5.74, 6) is 0. The summed E-state index contributed by atoms with van der Waals surface area (Å²) in [6.45, 7) is 0.319. The van der Waals surface area contributed by atoms with Gasteiger partial charge in [0.1, 0.15) is 0 Å². The SMILES string of the molecule is OCC1CCC(CO)O1.OCC1CCC(CO)O1. The number of rotatable bonds is 4. The molecule has 0 radical (unpaired) electrons. The van der Waals surface area contributed by atoms with Crippen molar-refractivity contribution < 1.29 is 29.9 Å². The fourth-order valence-electron chi connectivity index (χ4n) is 2.10. The maximum absolute atomic E-state index is 8.57. The van der Waals surface area contributed by atoms with E-state index in [9.17, 15) is 0 Å². The zero-order valence-corrected chi connectivity index (χ0v) is 10.6. The zero-order chi connectivity index (χ0) is 13.4. The van der Waals surface area contributed by atoms with Crippen molar-refractivity contribution in [2.75, 3.05) is 26.4 Å². The molecule has 0 spiro atoms. The first-order valence-electron chi connectivity index (χ1n) is 6.47. The third-order valence-corrected chi connectivity index (χ3v) is 3.21. The Bertz CT molecular complexity index is 171. The molecule has 6 nitrogen and oxygen atoms in total. The second-order valence-corrected chi connectivity index (χ2v) is 4.65. The molecule has 4 N–H and O–H groups in total. The lowest BCUT2D eigenvalue weighted by molar-refractivity contribution is -0.0119. The van der Waals surface area contributed by atoms with Crippen LogP contribution in [0.4, 0.5) is 0 Å². The minimum atomic E-state index is -0.0258. The molecular weight excluding hydrogens is 240 g/mol. The van der Waals surface area contributed by atoms with E-state index in [2.05, 4.69) is 0 Å². The highest BCUT2D eigenvalue weighted by Crippen LogP contribution is 2.18. The summed E-state index contributed by atoms with van der Waals surface area (Å²) in [6.07, 6.45) is 3.40. The monoisotopic (exact) mass is 264 g/mol. The summed E-state index contributed by atoms with van der Waals surface area (Å²) in [5.41, 5.74) is 0. The van der Waals surface area contributed by atoms with E-state index in [-0.39, 0.29) is 50.8 Å². The Labute approximate surface area is 107 Å². The first kappa shape index (κ1) is 15.8. The molecule has 2 aliphatic rings. The van der Waals surface area contributed by atoms with Crippen molar-refractivity contribution in [2.24, 2.45) is 0 Å². The van der Waals surface area contributed by atoms with Gasteiger partial charge in [0.05, 0.1) is 50.8 Å². The van der Waals surface area contributed by atoms with E-state index >= 15 is 0 Å². The van der Waals surface area contributed by atoms with Crippen LogP contribution in [-0.2, 0) is 9.47 Å². The van der Waals surface area contributed by atoms with Gasteiger partial charge in [0.15, 0.2) is 0 Å². The van der Waals surface area contributed by atoms with E-state index in [4.69, 9.17) is 29.9 Å². The third kappa shape index (κ3) is 5.17. The summed E-state index contributed by atoms with van der Waals surface area (Å²) >= 11 is 0. The molecule has 18 heavy (non-hydrogen) atoms. The Morgan fingerprint density at radius 3 is 0.889 bits per heavy atom. The molecule has 4 atom stereocenters. The Kier molecular flexibility index (Phi) is 7.73. The molecule has 0 amide bonds. The van der Waals surface area contributed by atoms with Crippen molar-refractivity contribution in [3.63, 3.8) is 0 Å². The van der Waals surface area contributed by atoms with Gasteiger partial charge in [-0.1, -0.05) is 0 Å². The van der Waals surface area contributed by atoms with Crippen molar-refractivity contribution in [3.8, 4) is 0 Å². The van der Waals surface area contributed by atoms with Crippen LogP contribution < -0.4 is 0 Å². The molecule has 0 saturated carbocycles. The number of aliphatic hydroxyl groups excluding tert-OH is 4. The van der Waals surface area contributed by atoms with E-state index in [1.54, 1.807) is 0 Å². The Balaban J connectivity index is 0.000000180. The smallest absolute Gasteiger partial charge is 0.0811 e. The standard InChI is InChI=1S/2C6H12O3/c2*7-3-5-1-2-6(4-8)9-5/h2*5-8H,1-4H2. The largest absolute Gasteiger partial charge is 0.394 e. The van der Waals surface area contributed by atoms with Gasteiger partial charge >= 0.3 is 0 Å². The van der Waals surface area contributed by atoms with Crippen molar-refractivity contribution in [2.45, 2.75) is 50.1 Å². The first-order valence-corrected chi connectivity index (χ1v) is 6.47. The molecule has 108 valence electrons. The minimum absolute atomic E-state index is 0.0258. The summed E-state index contributed by atoms with van der Waals surface area (Å²) < 4.78 is 10.3. The van der Waals surface area contributed by atoms with Crippen molar-refractivity contribution in [3.05, 3.63) is 0 Å². The van der Waals surface area contributed by atoms with Gasteiger partial charge in [-0.15, -0.1) is 0 Å². The van der Waals surface area contributed by atoms with Crippen molar-refractivity contribution >= 4 is 0 Å². The quantitative estimate of drug-likeness (QED) is 0.522. The molecule has 0 aromatic rings. The molecule has 0 aliphatic carbocycles. The zero-order valence-electron chi connectivity index (χ0n) is 10.6. The van der Waals surface area contributed by atoms with Gasteiger partial charge in [0, 0.05) is 0 Å². The summed E-state index contributed by atoms with van der Waals surface area (Å²) in [6, 6.07) is 0. The number of hydrogen-bond donors (Lipinski definition) is 4. The van der Waals surface area contributed by atoms with Crippen molar-refractivity contribution in [1.29, 1.82) is 0 Å². The summed E-state index contributed by atoms with van der Waals surface area (Å²) in [7, 11) is 0. The predicted octanol–water partition coefficient (Wildman–Crippen LogP) is -0.963.